The standard InChI is InChI=1S/C15H13ClFN3O/c16-13-9-12(18)4-5-14(13)20-15(21)19-7-6-10-2-1-3-11(17)8-10/h1-9H,18H2,(H2,19,20,21)/b7-6+. The van der Waals surface area contributed by atoms with Gasteiger partial charge in [-0.05, 0) is 42.0 Å². The highest BCUT2D eigenvalue weighted by molar-refractivity contribution is 6.34. The van der Waals surface area contributed by atoms with Gasteiger partial charge in [0.2, 0.25) is 0 Å². The van der Waals surface area contributed by atoms with E-state index in [9.17, 15) is 9.18 Å². The molecule has 0 atom stereocenters. The van der Waals surface area contributed by atoms with Gasteiger partial charge in [0.05, 0.1) is 10.7 Å². The number of urea groups is 1. The van der Waals surface area contributed by atoms with Gasteiger partial charge in [0, 0.05) is 11.9 Å². The average Bonchev–Trinajstić information content (AvgIpc) is 2.42. The van der Waals surface area contributed by atoms with Gasteiger partial charge in [-0.3, -0.25) is 0 Å². The lowest BCUT2D eigenvalue weighted by atomic mass is 10.2. The second kappa shape index (κ2) is 6.76. The number of benzene rings is 2. The molecule has 0 aliphatic carbocycles. The van der Waals surface area contributed by atoms with E-state index in [1.807, 2.05) is 0 Å². The number of halogens is 2. The summed E-state index contributed by atoms with van der Waals surface area (Å²) in [7, 11) is 0. The number of hydrogen-bond acceptors (Lipinski definition) is 2. The summed E-state index contributed by atoms with van der Waals surface area (Å²) in [5, 5.41) is 5.42. The first-order valence-electron chi connectivity index (χ1n) is 6.09. The molecule has 0 saturated carbocycles. The van der Waals surface area contributed by atoms with Gasteiger partial charge < -0.3 is 16.4 Å². The molecule has 4 nitrogen and oxygen atoms in total. The van der Waals surface area contributed by atoms with Gasteiger partial charge in [-0.25, -0.2) is 9.18 Å². The van der Waals surface area contributed by atoms with E-state index in [0.29, 0.717) is 22.0 Å². The van der Waals surface area contributed by atoms with Gasteiger partial charge in [0.15, 0.2) is 0 Å². The normalized spacial score (nSPS) is 10.6. The van der Waals surface area contributed by atoms with E-state index in [2.05, 4.69) is 10.6 Å². The van der Waals surface area contributed by atoms with Gasteiger partial charge in [-0.1, -0.05) is 23.7 Å². The molecule has 0 bridgehead atoms. The highest BCUT2D eigenvalue weighted by atomic mass is 35.5. The van der Waals surface area contributed by atoms with Crippen molar-refractivity contribution in [1.82, 2.24) is 5.32 Å². The highest BCUT2D eigenvalue weighted by Crippen LogP contribution is 2.23. The van der Waals surface area contributed by atoms with Crippen molar-refractivity contribution in [3.05, 3.63) is 65.1 Å². The maximum absolute atomic E-state index is 13.0. The van der Waals surface area contributed by atoms with Crippen LogP contribution >= 0.6 is 11.6 Å². The van der Waals surface area contributed by atoms with Gasteiger partial charge in [-0.15, -0.1) is 0 Å². The van der Waals surface area contributed by atoms with Crippen LogP contribution in [0.15, 0.2) is 48.7 Å². The van der Waals surface area contributed by atoms with Crippen molar-refractivity contribution in [3.8, 4) is 0 Å². The van der Waals surface area contributed by atoms with Gasteiger partial charge in [0.25, 0.3) is 0 Å². The molecular weight excluding hydrogens is 293 g/mol. The number of carbonyl (C=O) groups excluding carboxylic acids is 1. The molecule has 2 aromatic carbocycles. The van der Waals surface area contributed by atoms with Crippen LogP contribution in [0.25, 0.3) is 6.08 Å². The zero-order chi connectivity index (χ0) is 15.2. The van der Waals surface area contributed by atoms with E-state index < -0.39 is 6.03 Å². The van der Waals surface area contributed by atoms with Crippen LogP contribution in [0, 0.1) is 5.82 Å². The average molecular weight is 306 g/mol. The number of nitrogens with two attached hydrogens (primary N) is 1. The summed E-state index contributed by atoms with van der Waals surface area (Å²) >= 11 is 5.94. The fourth-order valence-electron chi connectivity index (χ4n) is 1.61. The lowest BCUT2D eigenvalue weighted by molar-refractivity contribution is 0.255. The predicted molar refractivity (Wildman–Crippen MR) is 83.5 cm³/mol. The van der Waals surface area contributed by atoms with Crippen molar-refractivity contribution in [2.75, 3.05) is 11.1 Å². The topological polar surface area (TPSA) is 67.1 Å². The highest BCUT2D eigenvalue weighted by Gasteiger charge is 2.04. The van der Waals surface area contributed by atoms with Gasteiger partial charge in [-0.2, -0.15) is 0 Å². The van der Waals surface area contributed by atoms with E-state index in [0.717, 1.165) is 0 Å². The fraction of sp³-hybridized carbons (Fsp3) is 0. The summed E-state index contributed by atoms with van der Waals surface area (Å²) in [5.74, 6) is -0.338. The minimum absolute atomic E-state index is 0.338. The van der Waals surface area contributed by atoms with Crippen LogP contribution in [0.4, 0.5) is 20.6 Å². The fourth-order valence-corrected chi connectivity index (χ4v) is 1.85. The zero-order valence-electron chi connectivity index (χ0n) is 10.9. The summed E-state index contributed by atoms with van der Waals surface area (Å²) in [6, 6.07) is 10.3. The number of rotatable bonds is 3. The molecule has 2 amide bonds. The van der Waals surface area contributed by atoms with E-state index in [1.165, 1.54) is 18.3 Å². The predicted octanol–water partition coefficient (Wildman–Crippen LogP) is 3.85. The second-order valence-electron chi connectivity index (χ2n) is 4.23. The third kappa shape index (κ3) is 4.50. The van der Waals surface area contributed by atoms with E-state index >= 15 is 0 Å². The molecule has 0 saturated heterocycles. The first-order valence-corrected chi connectivity index (χ1v) is 6.47. The number of anilines is 2. The van der Waals surface area contributed by atoms with Crippen molar-refractivity contribution in [3.63, 3.8) is 0 Å². The molecule has 21 heavy (non-hydrogen) atoms. The maximum Gasteiger partial charge on any atom is 0.323 e. The van der Waals surface area contributed by atoms with Crippen molar-refractivity contribution in [2.24, 2.45) is 0 Å². The Balaban J connectivity index is 1.93. The molecule has 2 aromatic rings. The largest absolute Gasteiger partial charge is 0.399 e. The smallest absolute Gasteiger partial charge is 0.323 e. The minimum Gasteiger partial charge on any atom is -0.399 e. The van der Waals surface area contributed by atoms with Crippen LogP contribution in [0.5, 0.6) is 0 Å². The van der Waals surface area contributed by atoms with Crippen LogP contribution in [-0.2, 0) is 0 Å². The lowest BCUT2D eigenvalue weighted by Crippen LogP contribution is -2.23. The molecular formula is C15H13ClFN3O. The molecule has 0 heterocycles. The first kappa shape index (κ1) is 14.9. The molecule has 0 radical (unpaired) electrons. The van der Waals surface area contributed by atoms with Crippen molar-refractivity contribution >= 4 is 35.1 Å². The summed E-state index contributed by atoms with van der Waals surface area (Å²) in [6.45, 7) is 0. The second-order valence-corrected chi connectivity index (χ2v) is 4.63. The Morgan fingerprint density at radius 2 is 2.05 bits per heavy atom. The van der Waals surface area contributed by atoms with Crippen molar-refractivity contribution < 1.29 is 9.18 Å². The summed E-state index contributed by atoms with van der Waals surface area (Å²) in [5.41, 5.74) is 7.16. The Hall–Kier alpha value is -2.53. The number of nitrogens with one attached hydrogen (secondary N) is 2. The van der Waals surface area contributed by atoms with Crippen LogP contribution in [0.3, 0.4) is 0 Å². The Morgan fingerprint density at radius 3 is 2.76 bits per heavy atom. The number of hydrogen-bond donors (Lipinski definition) is 3. The molecule has 0 aliphatic heterocycles. The third-order valence-corrected chi connectivity index (χ3v) is 2.89. The summed E-state index contributed by atoms with van der Waals surface area (Å²) in [4.78, 5) is 11.7. The van der Waals surface area contributed by atoms with Crippen LogP contribution in [-0.4, -0.2) is 6.03 Å². The maximum atomic E-state index is 13.0. The SMILES string of the molecule is Nc1ccc(NC(=O)N/C=C/c2cccc(F)c2)c(Cl)c1. The summed E-state index contributed by atoms with van der Waals surface area (Å²) in [6.07, 6.45) is 2.99. The number of amides is 2. The van der Waals surface area contributed by atoms with Crippen molar-refractivity contribution in [2.45, 2.75) is 0 Å². The molecule has 108 valence electrons. The number of nitrogen functional groups attached to an aromatic ring is 1. The van der Waals surface area contributed by atoms with E-state index in [1.54, 1.807) is 36.4 Å². The molecule has 0 spiro atoms. The Labute approximate surface area is 126 Å². The molecule has 2 rings (SSSR count). The molecule has 0 aliphatic rings. The third-order valence-electron chi connectivity index (χ3n) is 2.58. The van der Waals surface area contributed by atoms with Crippen LogP contribution in [0.2, 0.25) is 5.02 Å². The van der Waals surface area contributed by atoms with E-state index in [-0.39, 0.29) is 5.82 Å². The molecule has 0 fully saturated rings. The molecule has 4 N–H and O–H groups in total. The number of carbonyl (C=O) groups is 1. The first-order chi connectivity index (χ1) is 10.0. The lowest BCUT2D eigenvalue weighted by Gasteiger charge is -2.07. The molecule has 0 aromatic heterocycles. The Kier molecular flexibility index (Phi) is 4.79. The minimum atomic E-state index is -0.464. The Morgan fingerprint density at radius 1 is 1.24 bits per heavy atom. The zero-order valence-corrected chi connectivity index (χ0v) is 11.7. The summed E-state index contributed by atoms with van der Waals surface area (Å²) < 4.78 is 13.0. The monoisotopic (exact) mass is 305 g/mol. The van der Waals surface area contributed by atoms with Crippen LogP contribution in [0.1, 0.15) is 5.56 Å². The van der Waals surface area contributed by atoms with Gasteiger partial charge >= 0.3 is 6.03 Å². The van der Waals surface area contributed by atoms with Crippen molar-refractivity contribution in [1.29, 1.82) is 0 Å². The van der Waals surface area contributed by atoms with Crippen LogP contribution < -0.4 is 16.4 Å². The molecule has 0 unspecified atom stereocenters. The van der Waals surface area contributed by atoms with Gasteiger partial charge in [0.1, 0.15) is 5.82 Å². The quantitative estimate of drug-likeness (QED) is 0.754. The van der Waals surface area contributed by atoms with E-state index in [4.69, 9.17) is 17.3 Å². The molecule has 6 heteroatoms. The Bertz CT molecular complexity index is 688.